The van der Waals surface area contributed by atoms with Gasteiger partial charge in [0.2, 0.25) is 11.8 Å². The molecule has 2 aromatic rings. The van der Waals surface area contributed by atoms with E-state index in [1.54, 1.807) is 36.0 Å². The van der Waals surface area contributed by atoms with E-state index in [0.29, 0.717) is 18.7 Å². The zero-order chi connectivity index (χ0) is 24.7. The minimum absolute atomic E-state index is 0.0258. The molecule has 2 heterocycles. The van der Waals surface area contributed by atoms with Crippen LogP contribution in [-0.2, 0) is 9.53 Å². The number of carbonyl (C=O) groups is 2. The van der Waals surface area contributed by atoms with Crippen molar-refractivity contribution in [3.8, 4) is 17.7 Å². The third-order valence-electron chi connectivity index (χ3n) is 5.79. The summed E-state index contributed by atoms with van der Waals surface area (Å²) in [6.45, 7) is 4.21. The van der Waals surface area contributed by atoms with Gasteiger partial charge in [0.05, 0.1) is 19.2 Å². The topological polar surface area (TPSA) is 92.2 Å². The Kier molecular flexibility index (Phi) is 8.63. The summed E-state index contributed by atoms with van der Waals surface area (Å²) < 4.78 is 11.1. The summed E-state index contributed by atoms with van der Waals surface area (Å²) in [7, 11) is 3.16. The van der Waals surface area contributed by atoms with Crippen LogP contribution in [0.15, 0.2) is 42.6 Å². The summed E-state index contributed by atoms with van der Waals surface area (Å²) >= 11 is 0. The van der Waals surface area contributed by atoms with E-state index >= 15 is 0 Å². The van der Waals surface area contributed by atoms with E-state index in [0.717, 1.165) is 5.56 Å². The quantitative estimate of drug-likeness (QED) is 0.655. The van der Waals surface area contributed by atoms with Crippen molar-refractivity contribution in [2.75, 3.05) is 40.5 Å². The van der Waals surface area contributed by atoms with Gasteiger partial charge in [-0.3, -0.25) is 9.59 Å². The number of hydrogen-bond acceptors (Lipinski definition) is 6. The maximum Gasteiger partial charge on any atom is 0.259 e. The lowest BCUT2D eigenvalue weighted by Crippen LogP contribution is -2.50. The van der Waals surface area contributed by atoms with Crippen LogP contribution in [0.2, 0.25) is 0 Å². The first-order valence-corrected chi connectivity index (χ1v) is 11.2. The number of methoxy groups -OCH3 is 1. The van der Waals surface area contributed by atoms with Crippen molar-refractivity contribution in [3.63, 3.8) is 0 Å². The summed E-state index contributed by atoms with van der Waals surface area (Å²) in [4.78, 5) is 33.3. The van der Waals surface area contributed by atoms with Crippen LogP contribution in [0.5, 0.6) is 5.88 Å². The summed E-state index contributed by atoms with van der Waals surface area (Å²) in [5.74, 6) is 5.74. The number of aliphatic hydroxyl groups is 1. The van der Waals surface area contributed by atoms with Gasteiger partial charge in [-0.25, -0.2) is 4.98 Å². The van der Waals surface area contributed by atoms with Gasteiger partial charge in [-0.05, 0) is 25.1 Å². The molecule has 3 atom stereocenters. The van der Waals surface area contributed by atoms with Gasteiger partial charge in [-0.15, -0.1) is 0 Å². The maximum atomic E-state index is 13.4. The van der Waals surface area contributed by atoms with Gasteiger partial charge in [0.1, 0.15) is 18.3 Å². The highest BCUT2D eigenvalue weighted by atomic mass is 16.5. The van der Waals surface area contributed by atoms with Gasteiger partial charge in [-0.1, -0.05) is 37.0 Å². The van der Waals surface area contributed by atoms with Crippen LogP contribution >= 0.6 is 0 Å². The van der Waals surface area contributed by atoms with E-state index in [1.165, 1.54) is 7.11 Å². The number of pyridine rings is 1. The van der Waals surface area contributed by atoms with Gasteiger partial charge in [0.15, 0.2) is 0 Å². The van der Waals surface area contributed by atoms with E-state index in [-0.39, 0.29) is 42.4 Å². The SMILES string of the molecule is COCC(=O)N(C)C[C@H]1Oc2ncc(C#Cc3ccccc3)cc2C(=O)N([C@H](C)CO)C[C@@H]1C. The first-order valence-electron chi connectivity index (χ1n) is 11.2. The zero-order valence-electron chi connectivity index (χ0n) is 20.0. The second kappa shape index (κ2) is 11.6. The van der Waals surface area contributed by atoms with E-state index < -0.39 is 12.1 Å². The van der Waals surface area contributed by atoms with E-state index in [1.807, 2.05) is 37.3 Å². The van der Waals surface area contributed by atoms with Crippen LogP contribution in [0.4, 0.5) is 0 Å². The molecule has 8 nitrogen and oxygen atoms in total. The molecule has 0 bridgehead atoms. The van der Waals surface area contributed by atoms with Gasteiger partial charge in [-0.2, -0.15) is 0 Å². The van der Waals surface area contributed by atoms with Crippen molar-refractivity contribution < 1.29 is 24.2 Å². The Balaban J connectivity index is 1.96. The molecule has 1 aromatic heterocycles. The third-order valence-corrected chi connectivity index (χ3v) is 5.79. The summed E-state index contributed by atoms with van der Waals surface area (Å²) in [5, 5.41) is 9.78. The molecule has 180 valence electrons. The predicted octanol–water partition coefficient (Wildman–Crippen LogP) is 1.81. The van der Waals surface area contributed by atoms with Crippen LogP contribution in [0, 0.1) is 17.8 Å². The minimum Gasteiger partial charge on any atom is -0.472 e. The van der Waals surface area contributed by atoms with Gasteiger partial charge in [0.25, 0.3) is 5.91 Å². The Bertz CT molecular complexity index is 1060. The smallest absolute Gasteiger partial charge is 0.259 e. The molecule has 8 heteroatoms. The van der Waals surface area contributed by atoms with Crippen LogP contribution in [-0.4, -0.2) is 84.3 Å². The Labute approximate surface area is 200 Å². The Morgan fingerprint density at radius 2 is 2.03 bits per heavy atom. The number of carbonyl (C=O) groups excluding carboxylic acids is 2. The number of ether oxygens (including phenoxy) is 2. The Morgan fingerprint density at radius 3 is 2.71 bits per heavy atom. The maximum absolute atomic E-state index is 13.4. The van der Waals surface area contributed by atoms with Crippen molar-refractivity contribution in [1.29, 1.82) is 0 Å². The van der Waals surface area contributed by atoms with Gasteiger partial charge >= 0.3 is 0 Å². The van der Waals surface area contributed by atoms with Crippen LogP contribution in [0.25, 0.3) is 0 Å². The monoisotopic (exact) mass is 465 g/mol. The van der Waals surface area contributed by atoms with Crippen molar-refractivity contribution in [2.24, 2.45) is 5.92 Å². The number of likely N-dealkylation sites (N-methyl/N-ethyl adjacent to an activating group) is 1. The molecular formula is C26H31N3O5. The standard InChI is InChI=1S/C26H31N3O5/c1-18-14-29(19(2)16-30)26(32)22-12-21(11-10-20-8-6-5-7-9-20)13-27-25(22)34-23(18)15-28(3)24(31)17-33-4/h5-9,12-13,18-19,23,30H,14-17H2,1-4H3/t18-,19+,23+/m0/s1. The molecule has 0 unspecified atom stereocenters. The molecule has 0 spiro atoms. The highest BCUT2D eigenvalue weighted by molar-refractivity contribution is 5.97. The van der Waals surface area contributed by atoms with Gasteiger partial charge in [0, 0.05) is 43.9 Å². The molecular weight excluding hydrogens is 434 g/mol. The normalized spacial score (nSPS) is 18.5. The summed E-state index contributed by atoms with van der Waals surface area (Å²) in [5.41, 5.74) is 1.71. The number of hydrogen-bond donors (Lipinski definition) is 1. The summed E-state index contributed by atoms with van der Waals surface area (Å²) in [6.07, 6.45) is 1.16. The average Bonchev–Trinajstić information content (AvgIpc) is 2.85. The second-order valence-corrected chi connectivity index (χ2v) is 8.52. The first kappa shape index (κ1) is 25.2. The first-order chi connectivity index (χ1) is 16.3. The number of amides is 2. The number of rotatable bonds is 6. The van der Waals surface area contributed by atoms with Crippen LogP contribution in [0.1, 0.15) is 35.3 Å². The number of fused-ring (bicyclic) bond motifs is 1. The molecule has 34 heavy (non-hydrogen) atoms. The zero-order valence-corrected chi connectivity index (χ0v) is 20.0. The molecule has 3 rings (SSSR count). The fourth-order valence-electron chi connectivity index (χ4n) is 3.66. The van der Waals surface area contributed by atoms with Gasteiger partial charge < -0.3 is 24.4 Å². The van der Waals surface area contributed by atoms with Crippen LogP contribution in [0.3, 0.4) is 0 Å². The van der Waals surface area contributed by atoms with E-state index in [9.17, 15) is 14.7 Å². The highest BCUT2D eigenvalue weighted by Gasteiger charge is 2.34. The molecule has 0 fully saturated rings. The second-order valence-electron chi connectivity index (χ2n) is 8.52. The minimum atomic E-state index is -0.417. The van der Waals surface area contributed by atoms with Crippen molar-refractivity contribution >= 4 is 11.8 Å². The number of nitrogens with zero attached hydrogens (tertiary/aromatic N) is 3. The molecule has 1 N–H and O–H groups in total. The lowest BCUT2D eigenvalue weighted by Gasteiger charge is -2.37. The molecule has 1 aliphatic rings. The molecule has 1 aliphatic heterocycles. The lowest BCUT2D eigenvalue weighted by molar-refractivity contribution is -0.135. The van der Waals surface area contributed by atoms with Crippen molar-refractivity contribution in [1.82, 2.24) is 14.8 Å². The molecule has 2 amide bonds. The number of aliphatic hydroxyl groups excluding tert-OH is 1. The summed E-state index contributed by atoms with van der Waals surface area (Å²) in [6, 6.07) is 10.8. The van der Waals surface area contributed by atoms with Crippen molar-refractivity contribution in [2.45, 2.75) is 26.0 Å². The Hall–Kier alpha value is -3.41. The molecule has 1 aromatic carbocycles. The Morgan fingerprint density at radius 1 is 1.32 bits per heavy atom. The fourth-order valence-corrected chi connectivity index (χ4v) is 3.66. The number of benzene rings is 1. The van der Waals surface area contributed by atoms with Crippen molar-refractivity contribution in [3.05, 3.63) is 59.3 Å². The molecule has 0 radical (unpaired) electrons. The molecule has 0 saturated heterocycles. The fraction of sp³-hybridized carbons (Fsp3) is 0.423. The largest absolute Gasteiger partial charge is 0.472 e. The predicted molar refractivity (Wildman–Crippen MR) is 127 cm³/mol. The number of aromatic nitrogens is 1. The molecule has 0 aliphatic carbocycles. The van der Waals surface area contributed by atoms with E-state index in [2.05, 4.69) is 16.8 Å². The van der Waals surface area contributed by atoms with Crippen LogP contribution < -0.4 is 4.74 Å². The highest BCUT2D eigenvalue weighted by Crippen LogP contribution is 2.27. The molecule has 0 saturated carbocycles. The van der Waals surface area contributed by atoms with E-state index in [4.69, 9.17) is 9.47 Å². The average molecular weight is 466 g/mol. The lowest BCUT2D eigenvalue weighted by atomic mass is 10.00. The third kappa shape index (κ3) is 6.13.